The first-order valence-corrected chi connectivity index (χ1v) is 12.9. The van der Waals surface area contributed by atoms with Crippen molar-refractivity contribution in [1.29, 1.82) is 0 Å². The average molecular weight is 506 g/mol. The lowest BCUT2D eigenvalue weighted by molar-refractivity contribution is -0.141. The molecule has 0 radical (unpaired) electrons. The quantitative estimate of drug-likeness (QED) is 0.563. The summed E-state index contributed by atoms with van der Waals surface area (Å²) in [5, 5.41) is 3.41. The Kier molecular flexibility index (Phi) is 7.99. The van der Waals surface area contributed by atoms with Crippen molar-refractivity contribution in [2.45, 2.75) is 57.1 Å². The molecule has 2 aromatic rings. The molecule has 0 saturated carbocycles. The normalized spacial score (nSPS) is 16.0. The highest BCUT2D eigenvalue weighted by atomic mass is 35.5. The second kappa shape index (κ2) is 10.6. The number of benzene rings is 2. The highest BCUT2D eigenvalue weighted by molar-refractivity contribution is 7.90. The van der Waals surface area contributed by atoms with E-state index < -0.39 is 34.4 Å². The van der Waals surface area contributed by atoms with Gasteiger partial charge in [0.1, 0.15) is 17.5 Å². The molecule has 2 unspecified atom stereocenters. The van der Waals surface area contributed by atoms with E-state index in [0.29, 0.717) is 27.7 Å². The number of nitrogens with one attached hydrogen (secondary N) is 1. The molecule has 0 fully saturated rings. The molecule has 0 bridgehead atoms. The fraction of sp³-hybridized carbons (Fsp3) is 0.375. The summed E-state index contributed by atoms with van der Waals surface area (Å²) >= 11 is 5.97. The molecule has 8 nitrogen and oxygen atoms in total. The number of rotatable bonds is 9. The van der Waals surface area contributed by atoms with Gasteiger partial charge in [-0.25, -0.2) is 12.7 Å². The molecule has 0 aliphatic carbocycles. The lowest BCUT2D eigenvalue weighted by Gasteiger charge is -2.32. The maximum Gasteiger partial charge on any atom is 0.269 e. The molecule has 1 aliphatic rings. The summed E-state index contributed by atoms with van der Waals surface area (Å²) in [7, 11) is -4.16. The first-order chi connectivity index (χ1) is 16.1. The molecule has 0 aromatic heterocycles. The largest absolute Gasteiger partial charge is 0.352 e. The predicted molar refractivity (Wildman–Crippen MR) is 129 cm³/mol. The Morgan fingerprint density at radius 3 is 2.29 bits per heavy atom. The summed E-state index contributed by atoms with van der Waals surface area (Å²) in [5.74, 6) is -1.74. The summed E-state index contributed by atoms with van der Waals surface area (Å²) in [6.45, 7) is 4.93. The Labute approximate surface area is 204 Å². The number of halogens is 1. The molecule has 1 aliphatic heterocycles. The zero-order chi connectivity index (χ0) is 25.0. The van der Waals surface area contributed by atoms with Gasteiger partial charge >= 0.3 is 0 Å². The van der Waals surface area contributed by atoms with E-state index >= 15 is 0 Å². The molecule has 0 saturated heterocycles. The van der Waals surface area contributed by atoms with E-state index in [9.17, 15) is 22.8 Å². The number of hydrogen-bond acceptors (Lipinski definition) is 5. The first-order valence-electron chi connectivity index (χ1n) is 11.1. The molecule has 1 N–H and O–H groups in total. The third kappa shape index (κ3) is 5.26. The lowest BCUT2D eigenvalue weighted by Crippen LogP contribution is -2.53. The van der Waals surface area contributed by atoms with E-state index in [1.807, 2.05) is 13.8 Å². The van der Waals surface area contributed by atoms with Crippen molar-refractivity contribution in [3.05, 3.63) is 64.7 Å². The van der Waals surface area contributed by atoms with E-state index in [1.165, 1.54) is 23.1 Å². The third-order valence-corrected chi connectivity index (χ3v) is 7.88. The number of amides is 3. The van der Waals surface area contributed by atoms with Crippen LogP contribution in [0.25, 0.3) is 0 Å². The van der Waals surface area contributed by atoms with Crippen molar-refractivity contribution < 1.29 is 22.8 Å². The Morgan fingerprint density at radius 2 is 1.71 bits per heavy atom. The van der Waals surface area contributed by atoms with Crippen LogP contribution in [-0.4, -0.2) is 54.0 Å². The fourth-order valence-corrected chi connectivity index (χ4v) is 5.39. The van der Waals surface area contributed by atoms with Crippen LogP contribution in [0.15, 0.2) is 53.4 Å². The van der Waals surface area contributed by atoms with Gasteiger partial charge in [0, 0.05) is 17.6 Å². The molecular formula is C24H28ClN3O5S. The molecule has 182 valence electrons. The lowest BCUT2D eigenvalue weighted by atomic mass is 10.1. The monoisotopic (exact) mass is 505 g/mol. The van der Waals surface area contributed by atoms with Gasteiger partial charge < -0.3 is 10.2 Å². The minimum absolute atomic E-state index is 0.0288. The van der Waals surface area contributed by atoms with Crippen LogP contribution in [0.4, 0.5) is 0 Å². The maximum atomic E-state index is 13.5. The Morgan fingerprint density at radius 1 is 1.06 bits per heavy atom. The van der Waals surface area contributed by atoms with Gasteiger partial charge in [-0.3, -0.25) is 14.4 Å². The molecule has 3 amide bonds. The van der Waals surface area contributed by atoms with Gasteiger partial charge in [0.2, 0.25) is 11.8 Å². The standard InChI is InChI=1S/C24H28ClN3O5S/c1-4-16(3)26-23(30)20(5-2)27(14-17-10-12-18(25)13-11-17)22(29)15-28-24(31)19-8-6-7-9-21(19)34(28,32)33/h6-13,16,20H,4-5,14-15H2,1-3H3,(H,26,30). The smallest absolute Gasteiger partial charge is 0.269 e. The second-order valence-electron chi connectivity index (χ2n) is 8.20. The number of carbonyl (C=O) groups is 3. The van der Waals surface area contributed by atoms with Crippen LogP contribution in [-0.2, 0) is 26.2 Å². The van der Waals surface area contributed by atoms with Crippen LogP contribution in [0.3, 0.4) is 0 Å². The number of carbonyl (C=O) groups excluding carboxylic acids is 3. The van der Waals surface area contributed by atoms with Gasteiger partial charge in [0.05, 0.1) is 5.56 Å². The highest BCUT2D eigenvalue weighted by Gasteiger charge is 2.43. The van der Waals surface area contributed by atoms with Crippen molar-refractivity contribution in [2.75, 3.05) is 6.54 Å². The maximum absolute atomic E-state index is 13.5. The molecule has 0 spiro atoms. The van der Waals surface area contributed by atoms with Gasteiger partial charge in [-0.2, -0.15) is 0 Å². The Balaban J connectivity index is 1.92. The number of hydrogen-bond donors (Lipinski definition) is 1. The van der Waals surface area contributed by atoms with E-state index in [0.717, 1.165) is 0 Å². The van der Waals surface area contributed by atoms with E-state index in [4.69, 9.17) is 11.6 Å². The van der Waals surface area contributed by atoms with Crippen LogP contribution in [0, 0.1) is 0 Å². The van der Waals surface area contributed by atoms with E-state index in [2.05, 4.69) is 5.32 Å². The average Bonchev–Trinajstić information content (AvgIpc) is 3.00. The van der Waals surface area contributed by atoms with Crippen molar-refractivity contribution in [3.63, 3.8) is 0 Å². The summed E-state index contributed by atoms with van der Waals surface area (Å²) < 4.78 is 26.5. The third-order valence-electron chi connectivity index (χ3n) is 5.84. The van der Waals surface area contributed by atoms with Crippen molar-refractivity contribution in [3.8, 4) is 0 Å². The Hall–Kier alpha value is -2.91. The first kappa shape index (κ1) is 25.7. The van der Waals surface area contributed by atoms with Crippen LogP contribution in [0.5, 0.6) is 0 Å². The van der Waals surface area contributed by atoms with Crippen LogP contribution in [0.2, 0.25) is 5.02 Å². The second-order valence-corrected chi connectivity index (χ2v) is 10.5. The van der Waals surface area contributed by atoms with Crippen molar-refractivity contribution >= 4 is 39.3 Å². The van der Waals surface area contributed by atoms with Gasteiger partial charge in [-0.1, -0.05) is 49.7 Å². The summed E-state index contributed by atoms with van der Waals surface area (Å²) in [5.41, 5.74) is 0.743. The summed E-state index contributed by atoms with van der Waals surface area (Å²) in [4.78, 5) is 40.5. The topological polar surface area (TPSA) is 104 Å². The highest BCUT2D eigenvalue weighted by Crippen LogP contribution is 2.30. The van der Waals surface area contributed by atoms with E-state index in [-0.39, 0.29) is 29.0 Å². The van der Waals surface area contributed by atoms with Crippen molar-refractivity contribution in [1.82, 2.24) is 14.5 Å². The number of nitrogens with zero attached hydrogens (tertiary/aromatic N) is 2. The molecule has 2 atom stereocenters. The molecule has 2 aromatic carbocycles. The van der Waals surface area contributed by atoms with Crippen LogP contribution < -0.4 is 5.32 Å². The van der Waals surface area contributed by atoms with Gasteiger partial charge in [-0.15, -0.1) is 0 Å². The molecule has 1 heterocycles. The molecule has 3 rings (SSSR count). The van der Waals surface area contributed by atoms with Gasteiger partial charge in [-0.05, 0) is 49.6 Å². The molecule has 34 heavy (non-hydrogen) atoms. The van der Waals surface area contributed by atoms with Gasteiger partial charge in [0.15, 0.2) is 0 Å². The number of fused-ring (bicyclic) bond motifs is 1. The van der Waals surface area contributed by atoms with Crippen molar-refractivity contribution in [2.24, 2.45) is 0 Å². The molecule has 10 heteroatoms. The van der Waals surface area contributed by atoms with Gasteiger partial charge in [0.25, 0.3) is 15.9 Å². The zero-order valence-corrected chi connectivity index (χ0v) is 20.9. The minimum atomic E-state index is -4.16. The Bertz CT molecular complexity index is 1180. The fourth-order valence-electron chi connectivity index (χ4n) is 3.75. The minimum Gasteiger partial charge on any atom is -0.352 e. The predicted octanol–water partition coefficient (Wildman–Crippen LogP) is 3.21. The van der Waals surface area contributed by atoms with Crippen LogP contribution >= 0.6 is 11.6 Å². The molecular weight excluding hydrogens is 478 g/mol. The zero-order valence-electron chi connectivity index (χ0n) is 19.3. The van der Waals surface area contributed by atoms with Crippen LogP contribution in [0.1, 0.15) is 49.5 Å². The number of sulfonamides is 1. The van der Waals surface area contributed by atoms with E-state index in [1.54, 1.807) is 37.3 Å². The summed E-state index contributed by atoms with van der Waals surface area (Å²) in [6.07, 6.45) is 1.02. The summed E-state index contributed by atoms with van der Waals surface area (Å²) in [6, 6.07) is 11.7. The SMILES string of the molecule is CCC(C)NC(=O)C(CC)N(Cc1ccc(Cl)cc1)C(=O)CN1C(=O)c2ccccc2S1(=O)=O.